The minimum absolute atomic E-state index is 0.0847. The van der Waals surface area contributed by atoms with Crippen molar-refractivity contribution in [2.45, 2.75) is 19.9 Å². The van der Waals surface area contributed by atoms with Crippen LogP contribution in [0.25, 0.3) is 22.6 Å². The maximum absolute atomic E-state index is 12.0. The van der Waals surface area contributed by atoms with Gasteiger partial charge in [0.25, 0.3) is 0 Å². The minimum Gasteiger partial charge on any atom is -0.461 e. The Hall–Kier alpha value is -2.60. The van der Waals surface area contributed by atoms with Gasteiger partial charge in [-0.25, -0.2) is 4.98 Å². The zero-order valence-electron chi connectivity index (χ0n) is 12.5. The largest absolute Gasteiger partial charge is 0.461 e. The van der Waals surface area contributed by atoms with E-state index in [0.717, 1.165) is 11.0 Å². The third-order valence-electron chi connectivity index (χ3n) is 3.52. The number of carbonyl (C=O) groups excluding carboxylic acids is 1. The van der Waals surface area contributed by atoms with Crippen LogP contribution in [0, 0.1) is 5.92 Å². The first-order valence-electron chi connectivity index (χ1n) is 7.14. The van der Waals surface area contributed by atoms with Gasteiger partial charge in [-0.1, -0.05) is 13.8 Å². The van der Waals surface area contributed by atoms with E-state index in [4.69, 9.17) is 10.2 Å². The van der Waals surface area contributed by atoms with Crippen molar-refractivity contribution in [3.8, 4) is 11.6 Å². The predicted molar refractivity (Wildman–Crippen MR) is 85.2 cm³/mol. The second-order valence-electron chi connectivity index (χ2n) is 5.55. The van der Waals surface area contributed by atoms with Crippen LogP contribution in [0.15, 0.2) is 41.0 Å². The lowest BCUT2D eigenvalue weighted by Crippen LogP contribution is -2.39. The van der Waals surface area contributed by atoms with E-state index in [2.05, 4.69) is 15.3 Å². The summed E-state index contributed by atoms with van der Waals surface area (Å²) in [5.41, 5.74) is 8.15. The van der Waals surface area contributed by atoms with Gasteiger partial charge in [0.2, 0.25) is 5.91 Å². The van der Waals surface area contributed by atoms with E-state index < -0.39 is 6.04 Å². The average Bonchev–Trinajstić information content (AvgIpc) is 3.14. The Morgan fingerprint density at radius 3 is 2.86 bits per heavy atom. The Morgan fingerprint density at radius 2 is 2.18 bits per heavy atom. The standard InChI is InChI=1S/C16H18N4O2/c1-9(2)14(17)16(21)18-10-5-6-11-12(8-10)20-15(19-11)13-4-3-7-22-13/h3-9,14H,17H2,1-2H3,(H,18,21)(H,19,20)/t14-/m0/s1. The van der Waals surface area contributed by atoms with Gasteiger partial charge < -0.3 is 20.5 Å². The summed E-state index contributed by atoms with van der Waals surface area (Å²) in [6.07, 6.45) is 1.60. The molecule has 6 heteroatoms. The molecule has 0 fully saturated rings. The van der Waals surface area contributed by atoms with Crippen LogP contribution in [-0.4, -0.2) is 21.9 Å². The van der Waals surface area contributed by atoms with Gasteiger partial charge in [0.1, 0.15) is 0 Å². The van der Waals surface area contributed by atoms with Gasteiger partial charge >= 0.3 is 0 Å². The van der Waals surface area contributed by atoms with E-state index in [1.165, 1.54) is 0 Å². The molecule has 0 spiro atoms. The second kappa shape index (κ2) is 5.65. The van der Waals surface area contributed by atoms with Crippen molar-refractivity contribution >= 4 is 22.6 Å². The molecule has 1 amide bonds. The smallest absolute Gasteiger partial charge is 0.241 e. The van der Waals surface area contributed by atoms with Crippen molar-refractivity contribution in [1.29, 1.82) is 0 Å². The Morgan fingerprint density at radius 1 is 1.36 bits per heavy atom. The number of benzene rings is 1. The van der Waals surface area contributed by atoms with Crippen molar-refractivity contribution in [2.24, 2.45) is 11.7 Å². The first-order chi connectivity index (χ1) is 10.5. The molecule has 1 aromatic carbocycles. The number of aromatic nitrogens is 2. The number of amides is 1. The highest BCUT2D eigenvalue weighted by Gasteiger charge is 2.17. The number of nitrogens with zero attached hydrogens (tertiary/aromatic N) is 1. The van der Waals surface area contributed by atoms with Gasteiger partial charge in [-0.05, 0) is 36.2 Å². The lowest BCUT2D eigenvalue weighted by molar-refractivity contribution is -0.118. The topological polar surface area (TPSA) is 96.9 Å². The number of fused-ring (bicyclic) bond motifs is 1. The lowest BCUT2D eigenvalue weighted by Gasteiger charge is -2.15. The summed E-state index contributed by atoms with van der Waals surface area (Å²) in [7, 11) is 0. The van der Waals surface area contributed by atoms with Crippen LogP contribution >= 0.6 is 0 Å². The highest BCUT2D eigenvalue weighted by atomic mass is 16.3. The van der Waals surface area contributed by atoms with Crippen LogP contribution in [0.4, 0.5) is 5.69 Å². The molecule has 2 aromatic heterocycles. The summed E-state index contributed by atoms with van der Waals surface area (Å²) >= 11 is 0. The monoisotopic (exact) mass is 298 g/mol. The fourth-order valence-electron chi connectivity index (χ4n) is 2.15. The summed E-state index contributed by atoms with van der Waals surface area (Å²) < 4.78 is 5.32. The number of furan rings is 1. The number of nitrogens with one attached hydrogen (secondary N) is 2. The van der Waals surface area contributed by atoms with Crippen LogP contribution in [-0.2, 0) is 4.79 Å². The molecule has 0 aliphatic carbocycles. The van der Waals surface area contributed by atoms with E-state index in [1.54, 1.807) is 12.3 Å². The van der Waals surface area contributed by atoms with Crippen LogP contribution in [0.5, 0.6) is 0 Å². The molecule has 0 aliphatic rings. The lowest BCUT2D eigenvalue weighted by atomic mass is 10.0. The Bertz CT molecular complexity index is 790. The Kier molecular flexibility index (Phi) is 3.68. The number of nitrogens with two attached hydrogens (primary N) is 1. The van der Waals surface area contributed by atoms with Crippen molar-refractivity contribution in [2.75, 3.05) is 5.32 Å². The van der Waals surface area contributed by atoms with Gasteiger partial charge in [-0.2, -0.15) is 0 Å². The molecule has 1 atom stereocenters. The van der Waals surface area contributed by atoms with E-state index in [1.807, 2.05) is 38.1 Å². The first kappa shape index (κ1) is 14.3. The number of carbonyl (C=O) groups is 1. The van der Waals surface area contributed by atoms with Crippen LogP contribution in [0.2, 0.25) is 0 Å². The second-order valence-corrected chi connectivity index (χ2v) is 5.55. The van der Waals surface area contributed by atoms with E-state index in [0.29, 0.717) is 17.3 Å². The number of imidazole rings is 1. The summed E-state index contributed by atoms with van der Waals surface area (Å²) in [6.45, 7) is 3.83. The Balaban J connectivity index is 1.85. The molecule has 6 nitrogen and oxygen atoms in total. The van der Waals surface area contributed by atoms with Gasteiger partial charge in [-0.3, -0.25) is 4.79 Å². The van der Waals surface area contributed by atoms with Crippen molar-refractivity contribution < 1.29 is 9.21 Å². The van der Waals surface area contributed by atoms with Gasteiger partial charge in [0.15, 0.2) is 11.6 Å². The van der Waals surface area contributed by atoms with Crippen molar-refractivity contribution in [1.82, 2.24) is 9.97 Å². The normalized spacial score (nSPS) is 12.7. The predicted octanol–water partition coefficient (Wildman–Crippen LogP) is 2.74. The summed E-state index contributed by atoms with van der Waals surface area (Å²) in [4.78, 5) is 19.6. The number of hydrogen-bond acceptors (Lipinski definition) is 4. The molecule has 114 valence electrons. The molecule has 0 radical (unpaired) electrons. The van der Waals surface area contributed by atoms with Crippen molar-refractivity contribution in [3.63, 3.8) is 0 Å². The zero-order chi connectivity index (χ0) is 15.7. The highest BCUT2D eigenvalue weighted by molar-refractivity contribution is 5.96. The van der Waals surface area contributed by atoms with Crippen LogP contribution < -0.4 is 11.1 Å². The quantitative estimate of drug-likeness (QED) is 0.690. The number of anilines is 1. The maximum Gasteiger partial charge on any atom is 0.241 e. The maximum atomic E-state index is 12.0. The SMILES string of the molecule is CC(C)[C@H](N)C(=O)Nc1ccc2nc(-c3ccco3)[nH]c2c1. The molecule has 0 saturated carbocycles. The van der Waals surface area contributed by atoms with E-state index >= 15 is 0 Å². The van der Waals surface area contributed by atoms with Crippen LogP contribution in [0.3, 0.4) is 0 Å². The summed E-state index contributed by atoms with van der Waals surface area (Å²) in [5, 5.41) is 2.82. The minimum atomic E-state index is -0.531. The molecular formula is C16H18N4O2. The van der Waals surface area contributed by atoms with Crippen molar-refractivity contribution in [3.05, 3.63) is 36.6 Å². The number of aromatic amines is 1. The molecule has 4 N–H and O–H groups in total. The molecule has 22 heavy (non-hydrogen) atoms. The van der Waals surface area contributed by atoms with Crippen LogP contribution in [0.1, 0.15) is 13.8 Å². The molecule has 0 saturated heterocycles. The molecule has 0 aliphatic heterocycles. The fraction of sp³-hybridized carbons (Fsp3) is 0.250. The summed E-state index contributed by atoms with van der Waals surface area (Å²) in [5.74, 6) is 1.22. The number of H-pyrrole nitrogens is 1. The third kappa shape index (κ3) is 2.73. The third-order valence-corrected chi connectivity index (χ3v) is 3.52. The van der Waals surface area contributed by atoms with Gasteiger partial charge in [0.05, 0.1) is 23.3 Å². The summed E-state index contributed by atoms with van der Waals surface area (Å²) in [6, 6.07) is 8.59. The molecule has 2 heterocycles. The molecular weight excluding hydrogens is 280 g/mol. The molecule has 0 unspecified atom stereocenters. The molecule has 0 bridgehead atoms. The highest BCUT2D eigenvalue weighted by Crippen LogP contribution is 2.23. The van der Waals surface area contributed by atoms with E-state index in [9.17, 15) is 4.79 Å². The molecule has 3 rings (SSSR count). The van der Waals surface area contributed by atoms with E-state index in [-0.39, 0.29) is 11.8 Å². The number of hydrogen-bond donors (Lipinski definition) is 3. The van der Waals surface area contributed by atoms with Gasteiger partial charge in [0, 0.05) is 5.69 Å². The fourth-order valence-corrected chi connectivity index (χ4v) is 2.15. The molecule has 3 aromatic rings. The zero-order valence-corrected chi connectivity index (χ0v) is 12.5. The van der Waals surface area contributed by atoms with Gasteiger partial charge in [-0.15, -0.1) is 0 Å². The first-order valence-corrected chi connectivity index (χ1v) is 7.14. The number of rotatable bonds is 4. The Labute approximate surface area is 127 Å². The average molecular weight is 298 g/mol.